The van der Waals surface area contributed by atoms with Crippen LogP contribution in [0.25, 0.3) is 0 Å². The van der Waals surface area contributed by atoms with E-state index >= 15 is 0 Å². The van der Waals surface area contributed by atoms with Gasteiger partial charge in [0.05, 0.1) is 6.61 Å². The van der Waals surface area contributed by atoms with Crippen molar-refractivity contribution in [3.05, 3.63) is 28.2 Å². The number of nitrogens with two attached hydrogens (primary N) is 1. The molecule has 0 spiro atoms. The minimum atomic E-state index is 0.0628. The van der Waals surface area contributed by atoms with Gasteiger partial charge in [0, 0.05) is 10.0 Å². The second-order valence-electron chi connectivity index (χ2n) is 4.78. The summed E-state index contributed by atoms with van der Waals surface area (Å²) in [5.74, 6) is 1.51. The second-order valence-corrected chi connectivity index (χ2v) is 5.64. The summed E-state index contributed by atoms with van der Waals surface area (Å²) in [4.78, 5) is 0. The number of unbranched alkanes of at least 4 members (excludes halogenated alkanes) is 1. The molecule has 19 heavy (non-hydrogen) atoms. The van der Waals surface area contributed by atoms with Crippen LogP contribution in [-0.4, -0.2) is 12.4 Å². The molecule has 1 aromatic carbocycles. The lowest BCUT2D eigenvalue weighted by Gasteiger charge is -2.16. The summed E-state index contributed by atoms with van der Waals surface area (Å²) in [6.45, 7) is 5.17. The van der Waals surface area contributed by atoms with Gasteiger partial charge in [0.25, 0.3) is 0 Å². The molecule has 1 atom stereocenters. The number of nitrogens with one attached hydrogen (secondary N) is 1. The van der Waals surface area contributed by atoms with Crippen LogP contribution in [0.4, 0.5) is 0 Å². The van der Waals surface area contributed by atoms with Gasteiger partial charge in [-0.15, -0.1) is 0 Å². The van der Waals surface area contributed by atoms with Crippen LogP contribution in [0.3, 0.4) is 0 Å². The highest BCUT2D eigenvalue weighted by molar-refractivity contribution is 9.10. The van der Waals surface area contributed by atoms with E-state index in [-0.39, 0.29) is 5.84 Å². The van der Waals surface area contributed by atoms with E-state index < -0.39 is 0 Å². The summed E-state index contributed by atoms with van der Waals surface area (Å²) in [6, 6.07) is 5.56. The lowest BCUT2D eigenvalue weighted by Crippen LogP contribution is -2.13. The number of hydrogen-bond acceptors (Lipinski definition) is 2. The molecule has 1 rings (SSSR count). The Kier molecular flexibility index (Phi) is 6.92. The first-order chi connectivity index (χ1) is 9.08. The molecule has 0 aliphatic heterocycles. The summed E-state index contributed by atoms with van der Waals surface area (Å²) < 4.78 is 6.64. The quantitative estimate of drug-likeness (QED) is 0.551. The predicted octanol–water partition coefficient (Wildman–Crippen LogP) is 4.33. The van der Waals surface area contributed by atoms with Gasteiger partial charge in [0.15, 0.2) is 0 Å². The standard InChI is InChI=1S/C15H23BrN2O/c1-3-5-6-11(4-2)10-19-12-7-8-13(15(17)18)14(16)9-12/h7-9,11H,3-6,10H2,1-2H3,(H3,17,18). The van der Waals surface area contributed by atoms with Gasteiger partial charge < -0.3 is 10.5 Å². The Balaban J connectivity index is 2.57. The van der Waals surface area contributed by atoms with Crippen LogP contribution in [0.15, 0.2) is 22.7 Å². The second kappa shape index (κ2) is 8.20. The van der Waals surface area contributed by atoms with Crippen molar-refractivity contribution in [3.63, 3.8) is 0 Å². The normalized spacial score (nSPS) is 12.2. The van der Waals surface area contributed by atoms with Crippen molar-refractivity contribution in [2.45, 2.75) is 39.5 Å². The van der Waals surface area contributed by atoms with Crippen LogP contribution >= 0.6 is 15.9 Å². The highest BCUT2D eigenvalue weighted by Gasteiger charge is 2.09. The van der Waals surface area contributed by atoms with E-state index in [1.807, 2.05) is 18.2 Å². The molecule has 0 bridgehead atoms. The summed E-state index contributed by atoms with van der Waals surface area (Å²) in [6.07, 6.45) is 4.86. The molecule has 106 valence electrons. The summed E-state index contributed by atoms with van der Waals surface area (Å²) >= 11 is 3.41. The van der Waals surface area contributed by atoms with Gasteiger partial charge in [0.2, 0.25) is 0 Å². The Morgan fingerprint density at radius 3 is 2.68 bits per heavy atom. The van der Waals surface area contributed by atoms with Crippen LogP contribution in [0.1, 0.15) is 45.1 Å². The molecular weight excluding hydrogens is 304 g/mol. The number of hydrogen-bond donors (Lipinski definition) is 2. The number of ether oxygens (including phenoxy) is 1. The zero-order chi connectivity index (χ0) is 14.3. The monoisotopic (exact) mass is 326 g/mol. The van der Waals surface area contributed by atoms with Crippen LogP contribution in [0, 0.1) is 11.3 Å². The van der Waals surface area contributed by atoms with Crippen LogP contribution in [-0.2, 0) is 0 Å². The fourth-order valence-corrected chi connectivity index (χ4v) is 2.49. The molecule has 0 saturated carbocycles. The van der Waals surface area contributed by atoms with Crippen molar-refractivity contribution >= 4 is 21.8 Å². The Morgan fingerprint density at radius 1 is 1.42 bits per heavy atom. The fraction of sp³-hybridized carbons (Fsp3) is 0.533. The average molecular weight is 327 g/mol. The molecule has 0 amide bonds. The number of amidine groups is 1. The van der Waals surface area contributed by atoms with Crippen LogP contribution in [0.2, 0.25) is 0 Å². The van der Waals surface area contributed by atoms with E-state index in [9.17, 15) is 0 Å². The van der Waals surface area contributed by atoms with Crippen LogP contribution < -0.4 is 10.5 Å². The highest BCUT2D eigenvalue weighted by Crippen LogP contribution is 2.24. The first-order valence-electron chi connectivity index (χ1n) is 6.85. The molecule has 1 aromatic rings. The zero-order valence-corrected chi connectivity index (χ0v) is 13.3. The molecule has 3 N–H and O–H groups in total. The number of nitrogen functional groups attached to an aromatic ring is 1. The van der Waals surface area contributed by atoms with E-state index in [1.165, 1.54) is 19.3 Å². The first-order valence-corrected chi connectivity index (χ1v) is 7.64. The molecule has 0 fully saturated rings. The minimum Gasteiger partial charge on any atom is -0.493 e. The van der Waals surface area contributed by atoms with E-state index in [1.54, 1.807) is 0 Å². The van der Waals surface area contributed by atoms with Crippen molar-refractivity contribution in [2.75, 3.05) is 6.61 Å². The molecule has 3 nitrogen and oxygen atoms in total. The van der Waals surface area contributed by atoms with Gasteiger partial charge in [-0.2, -0.15) is 0 Å². The minimum absolute atomic E-state index is 0.0628. The topological polar surface area (TPSA) is 59.1 Å². The maximum absolute atomic E-state index is 7.43. The Morgan fingerprint density at radius 2 is 2.16 bits per heavy atom. The lowest BCUT2D eigenvalue weighted by molar-refractivity contribution is 0.233. The Hall–Kier alpha value is -1.03. The van der Waals surface area contributed by atoms with Crippen molar-refractivity contribution in [3.8, 4) is 5.75 Å². The van der Waals surface area contributed by atoms with Gasteiger partial charge >= 0.3 is 0 Å². The third-order valence-electron chi connectivity index (χ3n) is 3.26. The van der Waals surface area contributed by atoms with E-state index in [2.05, 4.69) is 29.8 Å². The molecule has 0 aliphatic rings. The van der Waals surface area contributed by atoms with Crippen molar-refractivity contribution in [1.29, 1.82) is 5.41 Å². The summed E-state index contributed by atoms with van der Waals surface area (Å²) in [5.41, 5.74) is 6.18. The first kappa shape index (κ1) is 16.0. The number of rotatable bonds is 8. The molecule has 4 heteroatoms. The molecule has 0 radical (unpaired) electrons. The molecular formula is C15H23BrN2O. The van der Waals surface area contributed by atoms with Gasteiger partial charge in [-0.1, -0.05) is 33.1 Å². The Bertz CT molecular complexity index is 421. The van der Waals surface area contributed by atoms with E-state index in [0.717, 1.165) is 23.2 Å². The third-order valence-corrected chi connectivity index (χ3v) is 3.92. The number of halogens is 1. The molecule has 0 aliphatic carbocycles. The number of benzene rings is 1. The maximum atomic E-state index is 7.43. The summed E-state index contributed by atoms with van der Waals surface area (Å²) in [5, 5.41) is 7.43. The smallest absolute Gasteiger partial charge is 0.123 e. The van der Waals surface area contributed by atoms with Gasteiger partial charge in [-0.25, -0.2) is 0 Å². The molecule has 0 saturated heterocycles. The van der Waals surface area contributed by atoms with E-state index in [0.29, 0.717) is 11.5 Å². The molecule has 0 aromatic heterocycles. The Labute approximate surface area is 124 Å². The van der Waals surface area contributed by atoms with Crippen LogP contribution in [0.5, 0.6) is 5.75 Å². The molecule has 1 unspecified atom stereocenters. The maximum Gasteiger partial charge on any atom is 0.123 e. The SMILES string of the molecule is CCCCC(CC)COc1ccc(C(=N)N)c(Br)c1. The highest BCUT2D eigenvalue weighted by atomic mass is 79.9. The van der Waals surface area contributed by atoms with E-state index in [4.69, 9.17) is 15.9 Å². The predicted molar refractivity (Wildman–Crippen MR) is 84.0 cm³/mol. The largest absolute Gasteiger partial charge is 0.493 e. The van der Waals surface area contributed by atoms with Crippen molar-refractivity contribution in [2.24, 2.45) is 11.7 Å². The summed E-state index contributed by atoms with van der Waals surface area (Å²) in [7, 11) is 0. The average Bonchev–Trinajstić information content (AvgIpc) is 2.38. The van der Waals surface area contributed by atoms with Crippen molar-refractivity contribution < 1.29 is 4.74 Å². The van der Waals surface area contributed by atoms with Gasteiger partial charge in [-0.05, 0) is 46.5 Å². The molecule has 0 heterocycles. The lowest BCUT2D eigenvalue weighted by atomic mass is 10.0. The van der Waals surface area contributed by atoms with Gasteiger partial charge in [0.1, 0.15) is 11.6 Å². The zero-order valence-electron chi connectivity index (χ0n) is 11.7. The van der Waals surface area contributed by atoms with Gasteiger partial charge in [-0.3, -0.25) is 5.41 Å². The third kappa shape index (κ3) is 5.23. The van der Waals surface area contributed by atoms with Crippen molar-refractivity contribution in [1.82, 2.24) is 0 Å². The fourth-order valence-electron chi connectivity index (χ4n) is 1.92.